The summed E-state index contributed by atoms with van der Waals surface area (Å²) in [4.78, 5) is 11.4. The number of alkyl halides is 2. The number of carbonyl (C=O) groups is 1. The lowest BCUT2D eigenvalue weighted by Gasteiger charge is -2.25. The Hall–Kier alpha value is -1.82. The van der Waals surface area contributed by atoms with Crippen LogP contribution in [-0.2, 0) is 26.1 Å². The minimum atomic E-state index is -6.03. The van der Waals surface area contributed by atoms with Gasteiger partial charge in [-0.1, -0.05) is 0 Å². The van der Waals surface area contributed by atoms with Crippen LogP contribution in [0, 0.1) is 0 Å². The Bertz CT molecular complexity index is 915. The highest BCUT2D eigenvalue weighted by molar-refractivity contribution is 7.87. The monoisotopic (exact) mass is 382 g/mol. The van der Waals surface area contributed by atoms with Gasteiger partial charge in [0.2, 0.25) is 0 Å². The molecule has 2 rings (SSSR count). The van der Waals surface area contributed by atoms with Gasteiger partial charge in [-0.15, -0.1) is 0 Å². The summed E-state index contributed by atoms with van der Waals surface area (Å²) in [7, 11) is -6.03. The molecule has 0 fully saturated rings. The van der Waals surface area contributed by atoms with Crippen molar-refractivity contribution in [3.05, 3.63) is 17.2 Å². The average molecular weight is 382 g/mol. The summed E-state index contributed by atoms with van der Waals surface area (Å²) >= 11 is 0. The van der Waals surface area contributed by atoms with Gasteiger partial charge < -0.3 is 19.4 Å². The summed E-state index contributed by atoms with van der Waals surface area (Å²) in [5.74, 6) is -3.11. The summed E-state index contributed by atoms with van der Waals surface area (Å²) in [6.45, 7) is 5.46. The van der Waals surface area contributed by atoms with E-state index in [1.807, 2.05) is 0 Å². The quantitative estimate of drug-likeness (QED) is 0.404. The topological polar surface area (TPSA) is 134 Å². The zero-order chi connectivity index (χ0) is 19.6. The minimum Gasteiger partial charge on any atom is -0.452 e. The van der Waals surface area contributed by atoms with Crippen molar-refractivity contribution < 1.29 is 45.9 Å². The standard InChI is InChI=1S/C14H16F2O8S/c1-12(2,18)8-6-5-7(10(23-6)9(8)13(3,4)19)24-11(17)14(15,16)25(20,21)22/h5,18-19H,1-4H3,(H,20,21,22). The largest absolute Gasteiger partial charge is 0.466 e. The minimum absolute atomic E-state index is 0.00419. The molecule has 0 aromatic carbocycles. The maximum Gasteiger partial charge on any atom is 0.466 e. The molecule has 11 heteroatoms. The number of fused-ring (bicyclic) bond motifs is 2. The van der Waals surface area contributed by atoms with Crippen LogP contribution in [0.2, 0.25) is 0 Å². The van der Waals surface area contributed by atoms with E-state index in [4.69, 9.17) is 8.97 Å². The first-order chi connectivity index (χ1) is 11.0. The normalized spacial score (nSPS) is 14.3. The van der Waals surface area contributed by atoms with Gasteiger partial charge in [-0.25, -0.2) is 4.79 Å². The second kappa shape index (κ2) is 5.34. The maximum atomic E-state index is 13.3. The van der Waals surface area contributed by atoms with E-state index in [1.54, 1.807) is 0 Å². The predicted octanol–water partition coefficient (Wildman–Crippen LogP) is 1.71. The van der Waals surface area contributed by atoms with Gasteiger partial charge in [-0.05, 0) is 27.7 Å². The molecular weight excluding hydrogens is 366 g/mol. The van der Waals surface area contributed by atoms with Crippen molar-refractivity contribution in [1.82, 2.24) is 0 Å². The van der Waals surface area contributed by atoms with Crippen molar-refractivity contribution >= 4 is 27.3 Å². The summed E-state index contributed by atoms with van der Waals surface area (Å²) in [6, 6.07) is 0.996. The third-order valence-electron chi connectivity index (χ3n) is 3.41. The van der Waals surface area contributed by atoms with Gasteiger partial charge >= 0.3 is 21.3 Å². The zero-order valence-corrected chi connectivity index (χ0v) is 14.4. The molecule has 3 N–H and O–H groups in total. The van der Waals surface area contributed by atoms with Crippen LogP contribution in [0.5, 0.6) is 5.75 Å². The number of furan rings is 2. The van der Waals surface area contributed by atoms with Crippen LogP contribution in [0.25, 0.3) is 11.2 Å². The van der Waals surface area contributed by atoms with E-state index in [0.717, 1.165) is 6.07 Å². The Morgan fingerprint density at radius 1 is 1.12 bits per heavy atom. The fourth-order valence-corrected chi connectivity index (χ4v) is 2.69. The average Bonchev–Trinajstić information content (AvgIpc) is 2.92. The van der Waals surface area contributed by atoms with Crippen molar-refractivity contribution in [2.45, 2.75) is 44.2 Å². The highest BCUT2D eigenvalue weighted by atomic mass is 32.2. The summed E-state index contributed by atoms with van der Waals surface area (Å²) < 4.78 is 65.9. The van der Waals surface area contributed by atoms with Crippen LogP contribution in [0.1, 0.15) is 38.8 Å². The van der Waals surface area contributed by atoms with Crippen molar-refractivity contribution in [1.29, 1.82) is 0 Å². The third kappa shape index (κ3) is 3.19. The Morgan fingerprint density at radius 3 is 2.00 bits per heavy atom. The van der Waals surface area contributed by atoms with Crippen molar-refractivity contribution in [2.24, 2.45) is 0 Å². The lowest BCUT2D eigenvalue weighted by molar-refractivity contribution is -0.151. The van der Waals surface area contributed by atoms with Crippen molar-refractivity contribution in [2.75, 3.05) is 0 Å². The predicted molar refractivity (Wildman–Crippen MR) is 80.0 cm³/mol. The zero-order valence-electron chi connectivity index (χ0n) is 13.6. The van der Waals surface area contributed by atoms with E-state index in [1.165, 1.54) is 27.7 Å². The van der Waals surface area contributed by atoms with Crippen LogP contribution in [0.15, 0.2) is 10.5 Å². The van der Waals surface area contributed by atoms with Gasteiger partial charge in [0.1, 0.15) is 5.58 Å². The number of aliphatic hydroxyl groups is 2. The molecule has 25 heavy (non-hydrogen) atoms. The number of esters is 1. The molecule has 0 atom stereocenters. The van der Waals surface area contributed by atoms with E-state index in [2.05, 4.69) is 4.74 Å². The first-order valence-corrected chi connectivity index (χ1v) is 8.33. The van der Waals surface area contributed by atoms with Crippen LogP contribution in [0.4, 0.5) is 8.78 Å². The van der Waals surface area contributed by atoms with E-state index >= 15 is 0 Å². The number of rotatable bonds is 5. The smallest absolute Gasteiger partial charge is 0.452 e. The second-order valence-electron chi connectivity index (χ2n) is 6.55. The first-order valence-electron chi connectivity index (χ1n) is 6.89. The Morgan fingerprint density at radius 2 is 1.60 bits per heavy atom. The van der Waals surface area contributed by atoms with Crippen LogP contribution in [0.3, 0.4) is 0 Å². The van der Waals surface area contributed by atoms with Crippen LogP contribution in [-0.4, -0.2) is 34.4 Å². The van der Waals surface area contributed by atoms with E-state index in [-0.39, 0.29) is 22.3 Å². The molecule has 2 aromatic heterocycles. The number of hydrogen-bond donors (Lipinski definition) is 3. The SMILES string of the molecule is CC(C)(O)c1c(C(C)(C)O)c2oc1cc2OC(=O)C(F)(F)S(=O)(=O)O. The molecule has 0 radical (unpaired) electrons. The summed E-state index contributed by atoms with van der Waals surface area (Å²) in [5.41, 5.74) is -3.27. The molecule has 0 saturated heterocycles. The molecule has 140 valence electrons. The highest BCUT2D eigenvalue weighted by Gasteiger charge is 2.55. The fraction of sp³-hybridized carbons (Fsp3) is 0.500. The molecule has 0 amide bonds. The van der Waals surface area contributed by atoms with E-state index < -0.39 is 38.3 Å². The molecule has 0 aliphatic rings. The first kappa shape index (κ1) is 19.5. The lowest BCUT2D eigenvalue weighted by Crippen LogP contribution is -2.40. The van der Waals surface area contributed by atoms with Gasteiger partial charge in [0.15, 0.2) is 11.3 Å². The Balaban J connectivity index is 2.56. The molecule has 0 saturated carbocycles. The molecule has 2 aromatic rings. The molecule has 0 spiro atoms. The summed E-state index contributed by atoms with van der Waals surface area (Å²) in [5, 5.41) is 15.3. The summed E-state index contributed by atoms with van der Waals surface area (Å²) in [6.07, 6.45) is 0. The van der Waals surface area contributed by atoms with Gasteiger partial charge in [0.05, 0.1) is 11.2 Å². The van der Waals surface area contributed by atoms with Crippen molar-refractivity contribution in [3.8, 4) is 5.75 Å². The molecule has 0 aliphatic carbocycles. The van der Waals surface area contributed by atoms with Gasteiger partial charge in [-0.2, -0.15) is 17.2 Å². The number of benzene rings is 1. The van der Waals surface area contributed by atoms with Gasteiger partial charge in [0.25, 0.3) is 0 Å². The molecule has 2 bridgehead atoms. The number of hydrogen-bond acceptors (Lipinski definition) is 7. The van der Waals surface area contributed by atoms with Crippen LogP contribution < -0.4 is 4.74 Å². The Kier molecular flexibility index (Phi) is 4.16. The lowest BCUT2D eigenvalue weighted by atomic mass is 9.85. The molecule has 8 nitrogen and oxygen atoms in total. The molecule has 2 heterocycles. The van der Waals surface area contributed by atoms with Gasteiger partial charge in [0, 0.05) is 17.2 Å². The molecule has 0 aliphatic heterocycles. The van der Waals surface area contributed by atoms with E-state index in [0.29, 0.717) is 0 Å². The maximum absolute atomic E-state index is 13.3. The number of ether oxygens (including phenoxy) is 1. The van der Waals surface area contributed by atoms with Gasteiger partial charge in [-0.3, -0.25) is 4.55 Å². The third-order valence-corrected chi connectivity index (χ3v) is 4.22. The number of halogens is 2. The van der Waals surface area contributed by atoms with Crippen molar-refractivity contribution in [3.63, 3.8) is 0 Å². The molecule has 0 unspecified atom stereocenters. The fourth-order valence-electron chi connectivity index (χ4n) is 2.44. The highest BCUT2D eigenvalue weighted by Crippen LogP contribution is 2.46. The Labute approximate surface area is 141 Å². The van der Waals surface area contributed by atoms with Crippen LogP contribution >= 0.6 is 0 Å². The number of carbonyl (C=O) groups excluding carboxylic acids is 1. The van der Waals surface area contributed by atoms with E-state index in [9.17, 15) is 32.2 Å². The molecular formula is C14H16F2O8S. The second-order valence-corrected chi connectivity index (χ2v) is 8.02.